The Balaban J connectivity index is 3.44. The highest BCUT2D eigenvalue weighted by atomic mass is 127. The molecule has 1 aromatic heterocycles. The monoisotopic (exact) mass is 371 g/mol. The van der Waals surface area contributed by atoms with Gasteiger partial charge in [0.15, 0.2) is 5.69 Å². The number of nitrogens with zero attached hydrogens (tertiary/aromatic N) is 1. The maximum atomic E-state index is 12.5. The largest absolute Gasteiger partial charge is 0.434 e. The van der Waals surface area contributed by atoms with Crippen molar-refractivity contribution in [3.05, 3.63) is 26.6 Å². The summed E-state index contributed by atoms with van der Waals surface area (Å²) in [7, 11) is 0. The molecule has 0 amide bonds. The van der Waals surface area contributed by atoms with Gasteiger partial charge in [0.25, 0.3) is 6.43 Å². The Labute approximate surface area is 106 Å². The molecule has 0 fully saturated rings. The Morgan fingerprint density at radius 1 is 1.38 bits per heavy atom. The summed E-state index contributed by atoms with van der Waals surface area (Å²) >= 11 is 6.51. The molecule has 16 heavy (non-hydrogen) atoms. The molecule has 0 saturated heterocycles. The maximum Gasteiger partial charge on any atom is 0.434 e. The molecule has 0 aliphatic heterocycles. The summed E-state index contributed by atoms with van der Waals surface area (Å²) in [5.74, 6) is -0.348. The smallest absolute Gasteiger partial charge is 0.246 e. The second-order valence-corrected chi connectivity index (χ2v) is 4.14. The fourth-order valence-electron chi connectivity index (χ4n) is 1.02. The van der Waals surface area contributed by atoms with Gasteiger partial charge in [-0.05, 0) is 28.7 Å². The lowest BCUT2D eigenvalue weighted by Gasteiger charge is -2.13. The Hall–Kier alpha value is -0.180. The Morgan fingerprint density at radius 2 is 1.94 bits per heavy atom. The highest BCUT2D eigenvalue weighted by molar-refractivity contribution is 14.1. The lowest BCUT2D eigenvalue weighted by Crippen LogP contribution is -2.14. The first-order chi connectivity index (χ1) is 7.27. The van der Waals surface area contributed by atoms with E-state index in [1.165, 1.54) is 22.6 Å². The molecule has 1 nitrogen and oxygen atoms in total. The number of alkyl halides is 6. The first-order valence-corrected chi connectivity index (χ1v) is 5.49. The Kier molecular flexibility index (Phi) is 4.33. The van der Waals surface area contributed by atoms with Crippen molar-refractivity contribution >= 4 is 34.2 Å². The maximum absolute atomic E-state index is 12.5. The van der Waals surface area contributed by atoms with Crippen LogP contribution in [-0.2, 0) is 12.1 Å². The summed E-state index contributed by atoms with van der Waals surface area (Å²) in [4.78, 5) is 3.21. The van der Waals surface area contributed by atoms with Crippen LogP contribution in [0.25, 0.3) is 0 Å². The van der Waals surface area contributed by atoms with E-state index in [0.717, 1.165) is 6.07 Å². The Bertz CT molecular complexity index is 393. The molecule has 8 heteroatoms. The lowest BCUT2D eigenvalue weighted by molar-refractivity contribution is -0.142. The first-order valence-electron chi connectivity index (χ1n) is 3.88. The van der Waals surface area contributed by atoms with Crippen LogP contribution in [0.3, 0.4) is 0 Å². The minimum absolute atomic E-state index is 0.218. The molecule has 0 N–H and O–H groups in total. The normalized spacial score (nSPS) is 12.2. The zero-order valence-electron chi connectivity index (χ0n) is 7.45. The molecule has 0 atom stereocenters. The average molecular weight is 371 g/mol. The van der Waals surface area contributed by atoms with Crippen LogP contribution in [-0.4, -0.2) is 4.98 Å². The van der Waals surface area contributed by atoms with Crippen molar-refractivity contribution in [2.75, 3.05) is 0 Å². The van der Waals surface area contributed by atoms with Crippen LogP contribution in [0, 0.1) is 3.57 Å². The minimum Gasteiger partial charge on any atom is -0.246 e. The summed E-state index contributed by atoms with van der Waals surface area (Å²) in [5, 5.41) is 0. The van der Waals surface area contributed by atoms with E-state index >= 15 is 0 Å². The fraction of sp³-hybridized carbons (Fsp3) is 0.375. The van der Waals surface area contributed by atoms with Crippen molar-refractivity contribution in [3.8, 4) is 0 Å². The van der Waals surface area contributed by atoms with E-state index in [9.17, 15) is 22.0 Å². The number of aromatic nitrogens is 1. The van der Waals surface area contributed by atoms with Crippen molar-refractivity contribution in [1.82, 2.24) is 4.98 Å². The second kappa shape index (κ2) is 4.99. The van der Waals surface area contributed by atoms with Gasteiger partial charge >= 0.3 is 6.18 Å². The molecule has 0 radical (unpaired) electrons. The molecular weight excluding hydrogens is 367 g/mol. The molecule has 1 heterocycles. The van der Waals surface area contributed by atoms with Crippen LogP contribution in [0.4, 0.5) is 22.0 Å². The van der Waals surface area contributed by atoms with Crippen LogP contribution < -0.4 is 0 Å². The van der Waals surface area contributed by atoms with Gasteiger partial charge in [0.2, 0.25) is 0 Å². The third-order valence-corrected chi connectivity index (χ3v) is 3.09. The zero-order chi connectivity index (χ0) is 12.5. The molecule has 0 bridgehead atoms. The molecule has 90 valence electrons. The van der Waals surface area contributed by atoms with Gasteiger partial charge < -0.3 is 0 Å². The predicted octanol–water partition coefficient (Wildman–Crippen LogP) is 4.38. The van der Waals surface area contributed by atoms with E-state index in [1.54, 1.807) is 0 Å². The third kappa shape index (κ3) is 2.93. The van der Waals surface area contributed by atoms with Gasteiger partial charge in [-0.15, -0.1) is 11.6 Å². The molecule has 1 aromatic rings. The van der Waals surface area contributed by atoms with E-state index < -0.39 is 27.4 Å². The number of hydrogen-bond acceptors (Lipinski definition) is 1. The van der Waals surface area contributed by atoms with Crippen LogP contribution >= 0.6 is 34.2 Å². The van der Waals surface area contributed by atoms with Crippen molar-refractivity contribution in [3.63, 3.8) is 0 Å². The standard InChI is InChI=1S/C8H4ClF5IN/c9-2-3-1-4(7(10)11)5(15)6(16-3)8(12,13)14/h1,7H,2H2. The zero-order valence-corrected chi connectivity index (χ0v) is 10.4. The molecule has 0 unspecified atom stereocenters. The number of halogens is 7. The van der Waals surface area contributed by atoms with Gasteiger partial charge in [0.1, 0.15) is 0 Å². The quantitative estimate of drug-likeness (QED) is 0.427. The van der Waals surface area contributed by atoms with Crippen LogP contribution in [0.2, 0.25) is 0 Å². The summed E-state index contributed by atoms with van der Waals surface area (Å²) in [5.41, 5.74) is -2.23. The second-order valence-electron chi connectivity index (χ2n) is 2.80. The van der Waals surface area contributed by atoms with E-state index in [4.69, 9.17) is 11.6 Å². The summed E-state index contributed by atoms with van der Waals surface area (Å²) in [6, 6.07) is 0.884. The van der Waals surface area contributed by atoms with Gasteiger partial charge in [-0.2, -0.15) is 13.2 Å². The molecule has 1 rings (SSSR count). The van der Waals surface area contributed by atoms with Gasteiger partial charge in [0.05, 0.1) is 15.1 Å². The summed E-state index contributed by atoms with van der Waals surface area (Å²) in [6.07, 6.45) is -7.75. The van der Waals surface area contributed by atoms with E-state index in [2.05, 4.69) is 4.98 Å². The highest BCUT2D eigenvalue weighted by Crippen LogP contribution is 2.36. The van der Waals surface area contributed by atoms with Crippen LogP contribution in [0.1, 0.15) is 23.4 Å². The highest BCUT2D eigenvalue weighted by Gasteiger charge is 2.37. The van der Waals surface area contributed by atoms with E-state index in [1.807, 2.05) is 0 Å². The van der Waals surface area contributed by atoms with Gasteiger partial charge in [0, 0.05) is 5.56 Å². The molecule has 0 aliphatic rings. The van der Waals surface area contributed by atoms with Crippen LogP contribution in [0.5, 0.6) is 0 Å². The van der Waals surface area contributed by atoms with Crippen molar-refractivity contribution < 1.29 is 22.0 Å². The van der Waals surface area contributed by atoms with Gasteiger partial charge in [-0.1, -0.05) is 0 Å². The Morgan fingerprint density at radius 3 is 2.31 bits per heavy atom. The minimum atomic E-state index is -4.76. The number of hydrogen-bond donors (Lipinski definition) is 0. The average Bonchev–Trinajstić information content (AvgIpc) is 2.15. The fourth-order valence-corrected chi connectivity index (χ4v) is 1.97. The third-order valence-electron chi connectivity index (χ3n) is 1.68. The van der Waals surface area contributed by atoms with Crippen LogP contribution in [0.15, 0.2) is 6.07 Å². The van der Waals surface area contributed by atoms with Crippen molar-refractivity contribution in [1.29, 1.82) is 0 Å². The molecular formula is C8H4ClF5IN. The van der Waals surface area contributed by atoms with Gasteiger partial charge in [-0.25, -0.2) is 13.8 Å². The number of pyridine rings is 1. The van der Waals surface area contributed by atoms with E-state index in [-0.39, 0.29) is 11.6 Å². The number of rotatable bonds is 2. The first kappa shape index (κ1) is 13.9. The van der Waals surface area contributed by atoms with Crippen molar-refractivity contribution in [2.24, 2.45) is 0 Å². The van der Waals surface area contributed by atoms with Gasteiger partial charge in [-0.3, -0.25) is 0 Å². The summed E-state index contributed by atoms with van der Waals surface area (Å²) in [6.45, 7) is 0. The predicted molar refractivity (Wildman–Crippen MR) is 56.5 cm³/mol. The molecule has 0 aliphatic carbocycles. The topological polar surface area (TPSA) is 12.9 Å². The molecule has 0 spiro atoms. The van der Waals surface area contributed by atoms with Crippen molar-refractivity contribution in [2.45, 2.75) is 18.5 Å². The van der Waals surface area contributed by atoms with E-state index in [0.29, 0.717) is 0 Å². The molecule has 0 saturated carbocycles. The SMILES string of the molecule is FC(F)c1cc(CCl)nc(C(F)(F)F)c1I. The summed E-state index contributed by atoms with van der Waals surface area (Å²) < 4.78 is 61.7. The molecule has 0 aromatic carbocycles. The lowest BCUT2D eigenvalue weighted by atomic mass is 10.2.